The van der Waals surface area contributed by atoms with E-state index in [1.165, 1.54) is 25.3 Å². The van der Waals surface area contributed by atoms with E-state index in [2.05, 4.69) is 32.7 Å². The Morgan fingerprint density at radius 2 is 2.24 bits per heavy atom. The second kappa shape index (κ2) is 6.80. The van der Waals surface area contributed by atoms with Gasteiger partial charge in [0, 0.05) is 12.1 Å². The molecule has 0 heterocycles. The first kappa shape index (κ1) is 14.2. The SMILES string of the molecule is C=CC(=O)OCNC1CC(C)C(CCC)C1C. The molecule has 0 aromatic carbocycles. The second-order valence-corrected chi connectivity index (χ2v) is 5.15. The van der Waals surface area contributed by atoms with E-state index in [1.807, 2.05) is 0 Å². The molecule has 3 nitrogen and oxygen atoms in total. The van der Waals surface area contributed by atoms with Crippen molar-refractivity contribution in [2.45, 2.75) is 46.1 Å². The third-order valence-corrected chi connectivity index (χ3v) is 4.02. The van der Waals surface area contributed by atoms with Gasteiger partial charge in [0.05, 0.1) is 0 Å². The van der Waals surface area contributed by atoms with E-state index in [1.54, 1.807) is 0 Å². The van der Waals surface area contributed by atoms with E-state index in [-0.39, 0.29) is 5.97 Å². The number of carbonyl (C=O) groups is 1. The molecule has 98 valence electrons. The van der Waals surface area contributed by atoms with Crippen molar-refractivity contribution in [2.24, 2.45) is 17.8 Å². The van der Waals surface area contributed by atoms with Crippen LogP contribution in [0, 0.1) is 17.8 Å². The maximum atomic E-state index is 10.9. The van der Waals surface area contributed by atoms with Crippen LogP contribution in [0.2, 0.25) is 0 Å². The number of hydrogen-bond acceptors (Lipinski definition) is 3. The van der Waals surface area contributed by atoms with E-state index < -0.39 is 0 Å². The molecular formula is C14H25NO2. The van der Waals surface area contributed by atoms with Gasteiger partial charge in [-0.2, -0.15) is 0 Å². The molecule has 1 N–H and O–H groups in total. The third kappa shape index (κ3) is 3.84. The highest BCUT2D eigenvalue weighted by atomic mass is 16.5. The largest absolute Gasteiger partial charge is 0.447 e. The van der Waals surface area contributed by atoms with Crippen LogP contribution in [-0.4, -0.2) is 18.7 Å². The molecule has 1 aliphatic carbocycles. The van der Waals surface area contributed by atoms with Gasteiger partial charge in [-0.3, -0.25) is 5.32 Å². The topological polar surface area (TPSA) is 38.3 Å². The van der Waals surface area contributed by atoms with Gasteiger partial charge < -0.3 is 4.74 Å². The van der Waals surface area contributed by atoms with Crippen molar-refractivity contribution in [2.75, 3.05) is 6.73 Å². The fraction of sp³-hybridized carbons (Fsp3) is 0.786. The van der Waals surface area contributed by atoms with Crippen molar-refractivity contribution in [1.29, 1.82) is 0 Å². The maximum absolute atomic E-state index is 10.9. The molecule has 0 bridgehead atoms. The Labute approximate surface area is 105 Å². The van der Waals surface area contributed by atoms with Crippen molar-refractivity contribution >= 4 is 5.97 Å². The van der Waals surface area contributed by atoms with Gasteiger partial charge in [-0.15, -0.1) is 0 Å². The Bertz CT molecular complexity index is 265. The summed E-state index contributed by atoms with van der Waals surface area (Å²) in [6.45, 7) is 10.5. The first-order chi connectivity index (χ1) is 8.10. The van der Waals surface area contributed by atoms with E-state index >= 15 is 0 Å². The standard InChI is InChI=1S/C14H25NO2/c1-5-7-12-10(3)8-13(11(12)4)15-9-17-14(16)6-2/h6,10-13,15H,2,5,7-9H2,1,3-4H3. The Balaban J connectivity index is 2.35. The molecule has 4 atom stereocenters. The summed E-state index contributed by atoms with van der Waals surface area (Å²) in [7, 11) is 0. The number of rotatable bonds is 6. The van der Waals surface area contributed by atoms with Gasteiger partial charge in [-0.1, -0.05) is 40.2 Å². The highest BCUT2D eigenvalue weighted by molar-refractivity contribution is 5.81. The lowest BCUT2D eigenvalue weighted by Crippen LogP contribution is -2.35. The van der Waals surface area contributed by atoms with Crippen molar-refractivity contribution in [3.05, 3.63) is 12.7 Å². The summed E-state index contributed by atoms with van der Waals surface area (Å²) in [6, 6.07) is 0.471. The second-order valence-electron chi connectivity index (χ2n) is 5.15. The van der Waals surface area contributed by atoms with Crippen LogP contribution in [-0.2, 0) is 9.53 Å². The fourth-order valence-corrected chi connectivity index (χ4v) is 3.04. The molecule has 1 aliphatic rings. The average Bonchev–Trinajstić information content (AvgIpc) is 2.57. The lowest BCUT2D eigenvalue weighted by molar-refractivity contribution is -0.138. The Morgan fingerprint density at radius 1 is 1.53 bits per heavy atom. The lowest BCUT2D eigenvalue weighted by Gasteiger charge is -2.22. The molecule has 1 saturated carbocycles. The van der Waals surface area contributed by atoms with Gasteiger partial charge in [0.1, 0.15) is 6.73 Å². The van der Waals surface area contributed by atoms with Gasteiger partial charge in [0.25, 0.3) is 0 Å². The van der Waals surface area contributed by atoms with Crippen molar-refractivity contribution in [1.82, 2.24) is 5.32 Å². The van der Waals surface area contributed by atoms with Crippen LogP contribution in [0.15, 0.2) is 12.7 Å². The number of carbonyl (C=O) groups excluding carboxylic acids is 1. The van der Waals surface area contributed by atoms with E-state index in [0.29, 0.717) is 18.7 Å². The van der Waals surface area contributed by atoms with Crippen molar-refractivity contribution in [3.63, 3.8) is 0 Å². The first-order valence-electron chi connectivity index (χ1n) is 6.62. The quantitative estimate of drug-likeness (QED) is 0.440. The van der Waals surface area contributed by atoms with Crippen LogP contribution < -0.4 is 5.32 Å². The van der Waals surface area contributed by atoms with Crippen molar-refractivity contribution < 1.29 is 9.53 Å². The van der Waals surface area contributed by atoms with Crippen LogP contribution >= 0.6 is 0 Å². The zero-order valence-electron chi connectivity index (χ0n) is 11.2. The van der Waals surface area contributed by atoms with Crippen LogP contribution in [0.25, 0.3) is 0 Å². The molecule has 0 aromatic heterocycles. The Kier molecular flexibility index (Phi) is 5.69. The zero-order valence-corrected chi connectivity index (χ0v) is 11.2. The van der Waals surface area contributed by atoms with Gasteiger partial charge in [-0.05, 0) is 24.2 Å². The molecular weight excluding hydrogens is 214 g/mol. The monoisotopic (exact) mass is 239 g/mol. The molecule has 0 spiro atoms. The van der Waals surface area contributed by atoms with Crippen LogP contribution in [0.3, 0.4) is 0 Å². The highest BCUT2D eigenvalue weighted by Gasteiger charge is 2.37. The predicted octanol–water partition coefficient (Wildman–Crippen LogP) is 2.72. The van der Waals surface area contributed by atoms with Gasteiger partial charge in [0.2, 0.25) is 0 Å². The van der Waals surface area contributed by atoms with E-state index in [9.17, 15) is 4.79 Å². The molecule has 0 saturated heterocycles. The molecule has 0 aliphatic heterocycles. The van der Waals surface area contributed by atoms with Crippen LogP contribution in [0.5, 0.6) is 0 Å². The van der Waals surface area contributed by atoms with Crippen LogP contribution in [0.1, 0.15) is 40.0 Å². The number of esters is 1. The molecule has 4 unspecified atom stereocenters. The summed E-state index contributed by atoms with van der Waals surface area (Å²) in [6.07, 6.45) is 4.92. The average molecular weight is 239 g/mol. The molecule has 1 rings (SSSR count). The summed E-state index contributed by atoms with van der Waals surface area (Å²) in [5.41, 5.74) is 0. The molecule has 3 heteroatoms. The summed E-state index contributed by atoms with van der Waals surface area (Å²) < 4.78 is 4.96. The van der Waals surface area contributed by atoms with Gasteiger partial charge in [0.15, 0.2) is 0 Å². The summed E-state index contributed by atoms with van der Waals surface area (Å²) >= 11 is 0. The molecule has 17 heavy (non-hydrogen) atoms. The fourth-order valence-electron chi connectivity index (χ4n) is 3.04. The minimum absolute atomic E-state index is 0.297. The van der Waals surface area contributed by atoms with E-state index in [4.69, 9.17) is 4.74 Å². The van der Waals surface area contributed by atoms with Crippen molar-refractivity contribution in [3.8, 4) is 0 Å². The number of nitrogens with one attached hydrogen (secondary N) is 1. The summed E-state index contributed by atoms with van der Waals surface area (Å²) in [5, 5.41) is 3.32. The lowest BCUT2D eigenvalue weighted by atomic mass is 9.87. The predicted molar refractivity (Wildman–Crippen MR) is 69.4 cm³/mol. The minimum Gasteiger partial charge on any atom is -0.447 e. The highest BCUT2D eigenvalue weighted by Crippen LogP contribution is 2.39. The molecule has 1 fully saturated rings. The van der Waals surface area contributed by atoms with E-state index in [0.717, 1.165) is 11.8 Å². The smallest absolute Gasteiger partial charge is 0.331 e. The molecule has 0 radical (unpaired) electrons. The Hall–Kier alpha value is -0.830. The number of ether oxygens (including phenoxy) is 1. The van der Waals surface area contributed by atoms with Gasteiger partial charge >= 0.3 is 5.97 Å². The third-order valence-electron chi connectivity index (χ3n) is 4.02. The zero-order chi connectivity index (χ0) is 12.8. The number of hydrogen-bond donors (Lipinski definition) is 1. The molecule has 0 aromatic rings. The summed E-state index contributed by atoms with van der Waals surface area (Å²) in [4.78, 5) is 10.9. The van der Waals surface area contributed by atoms with Crippen LogP contribution in [0.4, 0.5) is 0 Å². The molecule has 0 amide bonds. The normalized spacial score (nSPS) is 32.4. The first-order valence-corrected chi connectivity index (χ1v) is 6.62. The maximum Gasteiger partial charge on any atom is 0.331 e. The Morgan fingerprint density at radius 3 is 2.82 bits per heavy atom. The van der Waals surface area contributed by atoms with Gasteiger partial charge in [-0.25, -0.2) is 4.79 Å². The minimum atomic E-state index is -0.360. The summed E-state index contributed by atoms with van der Waals surface area (Å²) in [5.74, 6) is 1.86.